The molecule has 1 aromatic heterocycles. The van der Waals surface area contributed by atoms with Crippen molar-refractivity contribution in [2.24, 2.45) is 5.92 Å². The second kappa shape index (κ2) is 7.77. The number of nitrogens with one attached hydrogen (secondary N) is 2. The molecule has 1 aliphatic rings. The molecular weight excluding hydrogens is 308 g/mol. The number of aromatic nitrogens is 2. The van der Waals surface area contributed by atoms with Crippen molar-refractivity contribution in [3.05, 3.63) is 11.7 Å². The lowest BCUT2D eigenvalue weighted by Crippen LogP contribution is -2.38. The Balaban J connectivity index is 1.75. The van der Waals surface area contributed by atoms with Gasteiger partial charge in [0, 0.05) is 11.8 Å². The van der Waals surface area contributed by atoms with Gasteiger partial charge in [-0.2, -0.15) is 4.98 Å². The van der Waals surface area contributed by atoms with E-state index in [-0.39, 0.29) is 23.8 Å². The third-order valence-corrected chi connectivity index (χ3v) is 4.26. The minimum absolute atomic E-state index is 0.0316. The summed E-state index contributed by atoms with van der Waals surface area (Å²) >= 11 is 0. The van der Waals surface area contributed by atoms with Crippen LogP contribution in [0.2, 0.25) is 0 Å². The van der Waals surface area contributed by atoms with Crippen molar-refractivity contribution in [1.29, 1.82) is 0 Å². The van der Waals surface area contributed by atoms with Crippen LogP contribution in [0.15, 0.2) is 4.52 Å². The van der Waals surface area contributed by atoms with Gasteiger partial charge in [-0.3, -0.25) is 9.59 Å². The molecule has 0 aliphatic heterocycles. The lowest BCUT2D eigenvalue weighted by Gasteiger charge is -2.13. The number of hydrogen-bond donors (Lipinski definition) is 2. The summed E-state index contributed by atoms with van der Waals surface area (Å²) in [6.45, 7) is 7.72. The summed E-state index contributed by atoms with van der Waals surface area (Å²) in [7, 11) is 0. The fraction of sp³-hybridized carbons (Fsp3) is 0.765. The average molecular weight is 336 g/mol. The number of rotatable bonds is 6. The van der Waals surface area contributed by atoms with Crippen LogP contribution in [-0.2, 0) is 15.0 Å². The predicted octanol–water partition coefficient (Wildman–Crippen LogP) is 2.24. The van der Waals surface area contributed by atoms with E-state index in [0.717, 1.165) is 12.8 Å². The highest BCUT2D eigenvalue weighted by Crippen LogP contribution is 2.27. The molecular formula is C17H28N4O3. The third-order valence-electron chi connectivity index (χ3n) is 4.26. The fourth-order valence-electron chi connectivity index (χ4n) is 2.80. The SMILES string of the molecule is CC(NC(=O)CNC(=O)CC1CCCC1)c1nc(C(C)(C)C)no1. The van der Waals surface area contributed by atoms with Crippen LogP contribution in [0, 0.1) is 5.92 Å². The van der Waals surface area contributed by atoms with Crippen LogP contribution in [0.5, 0.6) is 0 Å². The van der Waals surface area contributed by atoms with Gasteiger partial charge in [-0.1, -0.05) is 38.8 Å². The number of hydrogen-bond acceptors (Lipinski definition) is 5. The zero-order valence-electron chi connectivity index (χ0n) is 15.0. The van der Waals surface area contributed by atoms with Crippen molar-refractivity contribution in [3.63, 3.8) is 0 Å². The molecule has 1 saturated carbocycles. The van der Waals surface area contributed by atoms with E-state index in [2.05, 4.69) is 20.8 Å². The van der Waals surface area contributed by atoms with Crippen molar-refractivity contribution in [2.45, 2.75) is 71.3 Å². The zero-order chi connectivity index (χ0) is 17.7. The summed E-state index contributed by atoms with van der Waals surface area (Å²) in [6.07, 6.45) is 5.16. The lowest BCUT2D eigenvalue weighted by molar-refractivity contribution is -0.127. The number of amides is 2. The average Bonchev–Trinajstić information content (AvgIpc) is 3.15. The Kier molecular flexibility index (Phi) is 5.96. The van der Waals surface area contributed by atoms with Crippen LogP contribution in [0.4, 0.5) is 0 Å². The first kappa shape index (κ1) is 18.4. The molecule has 2 N–H and O–H groups in total. The molecule has 24 heavy (non-hydrogen) atoms. The first-order valence-corrected chi connectivity index (χ1v) is 8.66. The van der Waals surface area contributed by atoms with E-state index in [1.807, 2.05) is 20.8 Å². The molecule has 1 unspecified atom stereocenters. The maximum absolute atomic E-state index is 12.0. The van der Waals surface area contributed by atoms with Gasteiger partial charge < -0.3 is 15.2 Å². The molecule has 1 fully saturated rings. The van der Waals surface area contributed by atoms with Crippen LogP contribution >= 0.6 is 0 Å². The molecule has 0 aromatic carbocycles. The minimum Gasteiger partial charge on any atom is -0.347 e. The smallest absolute Gasteiger partial charge is 0.248 e. The van der Waals surface area contributed by atoms with Gasteiger partial charge in [0.25, 0.3) is 0 Å². The van der Waals surface area contributed by atoms with Gasteiger partial charge in [0.1, 0.15) is 6.04 Å². The van der Waals surface area contributed by atoms with Gasteiger partial charge in [-0.05, 0) is 25.7 Å². The maximum Gasteiger partial charge on any atom is 0.248 e. The Labute approximate surface area is 143 Å². The van der Waals surface area contributed by atoms with Crippen LogP contribution < -0.4 is 10.6 Å². The largest absolute Gasteiger partial charge is 0.347 e. The van der Waals surface area contributed by atoms with Crippen LogP contribution in [-0.4, -0.2) is 28.5 Å². The van der Waals surface area contributed by atoms with Gasteiger partial charge in [0.2, 0.25) is 17.7 Å². The van der Waals surface area contributed by atoms with E-state index in [1.165, 1.54) is 12.8 Å². The highest BCUT2D eigenvalue weighted by Gasteiger charge is 2.24. The second-order valence-corrected chi connectivity index (χ2v) is 7.63. The molecule has 7 heteroatoms. The zero-order valence-corrected chi connectivity index (χ0v) is 15.0. The van der Waals surface area contributed by atoms with Crippen molar-refractivity contribution in [1.82, 2.24) is 20.8 Å². The molecule has 7 nitrogen and oxygen atoms in total. The Bertz CT molecular complexity index is 571. The lowest BCUT2D eigenvalue weighted by atomic mass is 9.96. The van der Waals surface area contributed by atoms with Gasteiger partial charge >= 0.3 is 0 Å². The van der Waals surface area contributed by atoms with Gasteiger partial charge in [-0.15, -0.1) is 0 Å². The highest BCUT2D eigenvalue weighted by molar-refractivity contribution is 5.84. The quantitative estimate of drug-likeness (QED) is 0.830. The molecule has 1 heterocycles. The summed E-state index contributed by atoms with van der Waals surface area (Å²) in [5, 5.41) is 9.38. The summed E-state index contributed by atoms with van der Waals surface area (Å²) in [6, 6.07) is -0.396. The predicted molar refractivity (Wildman–Crippen MR) is 89.1 cm³/mol. The molecule has 0 spiro atoms. The van der Waals surface area contributed by atoms with Crippen LogP contribution in [0.25, 0.3) is 0 Å². The van der Waals surface area contributed by atoms with Crippen molar-refractivity contribution in [3.8, 4) is 0 Å². The molecule has 0 radical (unpaired) electrons. The van der Waals surface area contributed by atoms with E-state index in [1.54, 1.807) is 6.92 Å². The molecule has 1 atom stereocenters. The second-order valence-electron chi connectivity index (χ2n) is 7.63. The normalized spacial score (nSPS) is 16.8. The van der Waals surface area contributed by atoms with E-state index >= 15 is 0 Å². The molecule has 2 amide bonds. The fourth-order valence-corrected chi connectivity index (χ4v) is 2.80. The molecule has 1 aromatic rings. The topological polar surface area (TPSA) is 97.1 Å². The Morgan fingerprint density at radius 2 is 1.92 bits per heavy atom. The standard InChI is InChI=1S/C17H28N4O3/c1-11(15-20-16(21-24-15)17(2,3)4)19-14(23)10-18-13(22)9-12-7-5-6-8-12/h11-12H,5-10H2,1-4H3,(H,18,22)(H,19,23). The summed E-state index contributed by atoms with van der Waals surface area (Å²) < 4.78 is 5.20. The van der Waals surface area contributed by atoms with E-state index in [9.17, 15) is 9.59 Å². The van der Waals surface area contributed by atoms with E-state index < -0.39 is 6.04 Å². The van der Waals surface area contributed by atoms with Gasteiger partial charge in [0.05, 0.1) is 6.54 Å². The molecule has 2 rings (SSSR count). The molecule has 0 bridgehead atoms. The first-order valence-electron chi connectivity index (χ1n) is 8.66. The minimum atomic E-state index is -0.396. The number of carbonyl (C=O) groups excluding carboxylic acids is 2. The number of carbonyl (C=O) groups is 2. The molecule has 0 saturated heterocycles. The van der Waals surface area contributed by atoms with Crippen molar-refractivity contribution < 1.29 is 14.1 Å². The highest BCUT2D eigenvalue weighted by atomic mass is 16.5. The van der Waals surface area contributed by atoms with Crippen molar-refractivity contribution >= 4 is 11.8 Å². The van der Waals surface area contributed by atoms with Crippen molar-refractivity contribution in [2.75, 3.05) is 6.54 Å². The van der Waals surface area contributed by atoms with Gasteiger partial charge in [-0.25, -0.2) is 0 Å². The van der Waals surface area contributed by atoms with E-state index in [0.29, 0.717) is 24.1 Å². The number of nitrogens with zero attached hydrogens (tertiary/aromatic N) is 2. The Morgan fingerprint density at radius 1 is 1.25 bits per heavy atom. The van der Waals surface area contributed by atoms with E-state index in [4.69, 9.17) is 4.52 Å². The maximum atomic E-state index is 12.0. The molecule has 1 aliphatic carbocycles. The molecule has 134 valence electrons. The Hall–Kier alpha value is -1.92. The van der Waals surface area contributed by atoms with Gasteiger partial charge in [0.15, 0.2) is 5.82 Å². The van der Waals surface area contributed by atoms with Crippen LogP contribution in [0.3, 0.4) is 0 Å². The summed E-state index contributed by atoms with van der Waals surface area (Å²) in [5.41, 5.74) is -0.209. The third kappa shape index (κ3) is 5.32. The summed E-state index contributed by atoms with van der Waals surface area (Å²) in [4.78, 5) is 28.1. The Morgan fingerprint density at radius 3 is 2.50 bits per heavy atom. The monoisotopic (exact) mass is 336 g/mol. The summed E-state index contributed by atoms with van der Waals surface area (Å²) in [5.74, 6) is 1.12. The first-order chi connectivity index (χ1) is 11.3. The van der Waals surface area contributed by atoms with Crippen LogP contribution in [0.1, 0.15) is 77.6 Å².